The molecule has 0 saturated heterocycles. The van der Waals surface area contributed by atoms with Crippen molar-refractivity contribution in [3.05, 3.63) is 65.2 Å². The van der Waals surface area contributed by atoms with Crippen molar-refractivity contribution in [1.82, 2.24) is 10.6 Å². The molecule has 0 saturated carbocycles. The second kappa shape index (κ2) is 9.91. The van der Waals surface area contributed by atoms with Crippen LogP contribution in [-0.4, -0.2) is 37.5 Å². The zero-order valence-corrected chi connectivity index (χ0v) is 17.1. The lowest BCUT2D eigenvalue weighted by molar-refractivity contribution is -0.154. The molecule has 3 rings (SSSR count). The fraction of sp³-hybridized carbons (Fsp3) is 0.348. The van der Waals surface area contributed by atoms with Crippen molar-refractivity contribution >= 4 is 17.8 Å². The summed E-state index contributed by atoms with van der Waals surface area (Å²) in [7, 11) is 1.54. The summed E-state index contributed by atoms with van der Waals surface area (Å²) in [5.74, 6) is -0.813. The minimum Gasteiger partial charge on any atom is -0.497 e. The maximum absolute atomic E-state index is 12.5. The topological polar surface area (TPSA) is 93.7 Å². The highest BCUT2D eigenvalue weighted by atomic mass is 16.5. The molecule has 1 aliphatic carbocycles. The summed E-state index contributed by atoms with van der Waals surface area (Å²) in [5.41, 5.74) is 2.74. The Hall–Kier alpha value is -3.35. The predicted octanol–water partition coefficient (Wildman–Crippen LogP) is 2.55. The second-order valence-electron chi connectivity index (χ2n) is 7.20. The Bertz CT molecular complexity index is 910. The number of benzene rings is 2. The molecular weight excluding hydrogens is 384 g/mol. The van der Waals surface area contributed by atoms with E-state index in [9.17, 15) is 14.4 Å². The molecule has 0 spiro atoms. The molecule has 2 atom stereocenters. The van der Waals surface area contributed by atoms with E-state index in [1.165, 1.54) is 19.6 Å². The van der Waals surface area contributed by atoms with Crippen LogP contribution in [0.25, 0.3) is 0 Å². The van der Waals surface area contributed by atoms with Crippen LogP contribution in [0, 0.1) is 0 Å². The average Bonchev–Trinajstić information content (AvgIpc) is 2.77. The summed E-state index contributed by atoms with van der Waals surface area (Å²) in [6.07, 6.45) is 1.89. The number of hydrogen-bond donors (Lipinski definition) is 2. The van der Waals surface area contributed by atoms with Crippen LogP contribution in [-0.2, 0) is 20.7 Å². The van der Waals surface area contributed by atoms with Gasteiger partial charge >= 0.3 is 5.97 Å². The number of amides is 2. The van der Waals surface area contributed by atoms with Crippen LogP contribution >= 0.6 is 0 Å². The molecule has 0 bridgehead atoms. The smallest absolute Gasteiger partial charge is 0.326 e. The van der Waals surface area contributed by atoms with Gasteiger partial charge in [-0.25, -0.2) is 0 Å². The molecular formula is C23H26N2O5. The Labute approximate surface area is 175 Å². The van der Waals surface area contributed by atoms with Gasteiger partial charge in [0.05, 0.1) is 13.2 Å². The number of fused-ring (bicyclic) bond motifs is 1. The van der Waals surface area contributed by atoms with E-state index in [0.717, 1.165) is 24.8 Å². The Morgan fingerprint density at radius 3 is 2.57 bits per heavy atom. The molecule has 0 heterocycles. The van der Waals surface area contributed by atoms with E-state index in [4.69, 9.17) is 9.47 Å². The Kier molecular flexibility index (Phi) is 7.06. The summed E-state index contributed by atoms with van der Waals surface area (Å²) >= 11 is 0. The number of methoxy groups -OCH3 is 1. The van der Waals surface area contributed by atoms with Crippen molar-refractivity contribution in [1.29, 1.82) is 0 Å². The predicted molar refractivity (Wildman–Crippen MR) is 111 cm³/mol. The first-order chi connectivity index (χ1) is 14.5. The number of rotatable bonds is 7. The number of esters is 1. The van der Waals surface area contributed by atoms with E-state index >= 15 is 0 Å². The van der Waals surface area contributed by atoms with Crippen LogP contribution in [0.3, 0.4) is 0 Å². The van der Waals surface area contributed by atoms with Crippen molar-refractivity contribution in [2.75, 3.05) is 13.7 Å². The maximum Gasteiger partial charge on any atom is 0.326 e. The lowest BCUT2D eigenvalue weighted by Crippen LogP contribution is -2.41. The van der Waals surface area contributed by atoms with Gasteiger partial charge in [-0.1, -0.05) is 24.3 Å². The van der Waals surface area contributed by atoms with E-state index in [2.05, 4.69) is 16.7 Å². The van der Waals surface area contributed by atoms with Gasteiger partial charge in [-0.15, -0.1) is 0 Å². The van der Waals surface area contributed by atoms with Gasteiger partial charge in [-0.3, -0.25) is 14.4 Å². The standard InChI is InChI=1S/C23H26N2O5/c1-15(22(27)25-20-9-5-7-16-6-3-4-8-19(16)20)30-21(26)14-24-23(28)17-10-12-18(29-2)13-11-17/h3-4,6,8,10-13,15,20H,5,7,9,14H2,1-2H3,(H,24,28)(H,25,27)/t15-,20+/m0/s1. The lowest BCUT2D eigenvalue weighted by atomic mass is 9.87. The van der Waals surface area contributed by atoms with Crippen molar-refractivity contribution in [2.45, 2.75) is 38.3 Å². The molecule has 0 aromatic heterocycles. The number of hydrogen-bond acceptors (Lipinski definition) is 5. The Balaban J connectivity index is 1.47. The molecule has 0 radical (unpaired) electrons. The molecule has 2 N–H and O–H groups in total. The van der Waals surface area contributed by atoms with E-state index in [-0.39, 0.29) is 18.5 Å². The normalized spacial score (nSPS) is 16.0. The molecule has 2 aromatic carbocycles. The number of nitrogens with one attached hydrogen (secondary N) is 2. The van der Waals surface area contributed by atoms with Gasteiger partial charge in [0.15, 0.2) is 6.10 Å². The number of aryl methyl sites for hydroxylation is 1. The average molecular weight is 410 g/mol. The first-order valence-corrected chi connectivity index (χ1v) is 9.98. The molecule has 30 heavy (non-hydrogen) atoms. The van der Waals surface area contributed by atoms with Gasteiger partial charge in [0.1, 0.15) is 12.3 Å². The van der Waals surface area contributed by atoms with Crippen molar-refractivity contribution in [2.24, 2.45) is 0 Å². The largest absolute Gasteiger partial charge is 0.497 e. The minimum absolute atomic E-state index is 0.0848. The summed E-state index contributed by atoms with van der Waals surface area (Å²) in [4.78, 5) is 36.6. The van der Waals surface area contributed by atoms with E-state index in [1.807, 2.05) is 18.2 Å². The van der Waals surface area contributed by atoms with Crippen LogP contribution in [0.5, 0.6) is 5.75 Å². The molecule has 0 fully saturated rings. The zero-order valence-electron chi connectivity index (χ0n) is 17.1. The first kappa shape index (κ1) is 21.4. The number of ether oxygens (including phenoxy) is 2. The molecule has 1 aliphatic rings. The van der Waals surface area contributed by atoms with Gasteiger partial charge in [-0.05, 0) is 61.6 Å². The third-order valence-electron chi connectivity index (χ3n) is 5.11. The van der Waals surface area contributed by atoms with Crippen LogP contribution in [0.2, 0.25) is 0 Å². The summed E-state index contributed by atoms with van der Waals surface area (Å²) in [6, 6.07) is 14.5. The molecule has 158 valence electrons. The van der Waals surface area contributed by atoms with Gasteiger partial charge < -0.3 is 20.1 Å². The Morgan fingerprint density at radius 2 is 1.83 bits per heavy atom. The Morgan fingerprint density at radius 1 is 1.10 bits per heavy atom. The minimum atomic E-state index is -0.954. The van der Waals surface area contributed by atoms with E-state index in [1.54, 1.807) is 24.3 Å². The maximum atomic E-state index is 12.5. The first-order valence-electron chi connectivity index (χ1n) is 9.98. The lowest BCUT2D eigenvalue weighted by Gasteiger charge is -2.27. The van der Waals surface area contributed by atoms with Crippen molar-refractivity contribution in [3.63, 3.8) is 0 Å². The number of carbonyl (C=O) groups excluding carboxylic acids is 3. The molecule has 2 amide bonds. The molecule has 7 heteroatoms. The van der Waals surface area contributed by atoms with Crippen LogP contribution in [0.15, 0.2) is 48.5 Å². The van der Waals surface area contributed by atoms with Crippen molar-refractivity contribution < 1.29 is 23.9 Å². The van der Waals surface area contributed by atoms with Crippen molar-refractivity contribution in [3.8, 4) is 5.75 Å². The SMILES string of the molecule is COc1ccc(C(=O)NCC(=O)O[C@@H](C)C(=O)N[C@@H]2CCCc3ccccc32)cc1. The highest BCUT2D eigenvalue weighted by Gasteiger charge is 2.25. The van der Waals surface area contributed by atoms with Gasteiger partial charge in [0.25, 0.3) is 11.8 Å². The second-order valence-corrected chi connectivity index (χ2v) is 7.20. The van der Waals surface area contributed by atoms with Crippen LogP contribution in [0.4, 0.5) is 0 Å². The number of carbonyl (C=O) groups is 3. The highest BCUT2D eigenvalue weighted by molar-refractivity contribution is 5.96. The van der Waals surface area contributed by atoms with Crippen LogP contribution < -0.4 is 15.4 Å². The highest BCUT2D eigenvalue weighted by Crippen LogP contribution is 2.29. The zero-order chi connectivity index (χ0) is 21.5. The quantitative estimate of drug-likeness (QED) is 0.685. The van der Waals surface area contributed by atoms with Gasteiger partial charge in [0.2, 0.25) is 0 Å². The third-order valence-corrected chi connectivity index (χ3v) is 5.11. The van der Waals surface area contributed by atoms with E-state index in [0.29, 0.717) is 11.3 Å². The summed E-state index contributed by atoms with van der Waals surface area (Å²) in [5, 5.41) is 5.46. The third kappa shape index (κ3) is 5.37. The molecule has 7 nitrogen and oxygen atoms in total. The molecule has 0 aliphatic heterocycles. The van der Waals surface area contributed by atoms with Gasteiger partial charge in [-0.2, -0.15) is 0 Å². The summed E-state index contributed by atoms with van der Waals surface area (Å²) in [6.45, 7) is 1.20. The fourth-order valence-corrected chi connectivity index (χ4v) is 3.48. The fourth-order valence-electron chi connectivity index (χ4n) is 3.48. The van der Waals surface area contributed by atoms with Gasteiger partial charge in [0, 0.05) is 5.56 Å². The summed E-state index contributed by atoms with van der Waals surface area (Å²) < 4.78 is 10.2. The molecule has 2 aromatic rings. The van der Waals surface area contributed by atoms with E-state index < -0.39 is 18.0 Å². The van der Waals surface area contributed by atoms with Crippen LogP contribution in [0.1, 0.15) is 47.3 Å². The monoisotopic (exact) mass is 410 g/mol. The molecule has 0 unspecified atom stereocenters.